The van der Waals surface area contributed by atoms with E-state index in [-0.39, 0.29) is 12.5 Å². The van der Waals surface area contributed by atoms with E-state index in [0.717, 1.165) is 0 Å². The first-order valence-electron chi connectivity index (χ1n) is 8.15. The summed E-state index contributed by atoms with van der Waals surface area (Å²) in [7, 11) is 0. The van der Waals surface area contributed by atoms with Gasteiger partial charge in [0.25, 0.3) is 5.91 Å². The number of benzene rings is 1. The van der Waals surface area contributed by atoms with E-state index >= 15 is 0 Å². The second kappa shape index (κ2) is 6.79. The maximum absolute atomic E-state index is 12.4. The van der Waals surface area contributed by atoms with E-state index in [1.165, 1.54) is 12.7 Å². The molecule has 1 aromatic carbocycles. The third-order valence-corrected chi connectivity index (χ3v) is 4.32. The number of fused-ring (bicyclic) bond motifs is 1. The number of nitrogens with zero attached hydrogens (tertiary/aromatic N) is 4. The van der Waals surface area contributed by atoms with E-state index in [2.05, 4.69) is 20.3 Å². The molecule has 3 heterocycles. The first-order chi connectivity index (χ1) is 12.7. The number of ether oxygens (including phenoxy) is 1. The molecule has 1 amide bonds. The van der Waals surface area contributed by atoms with Gasteiger partial charge < -0.3 is 20.3 Å². The van der Waals surface area contributed by atoms with Gasteiger partial charge in [-0.1, -0.05) is 18.2 Å². The van der Waals surface area contributed by atoms with E-state index in [4.69, 9.17) is 4.74 Å². The van der Waals surface area contributed by atoms with Crippen molar-refractivity contribution in [2.45, 2.75) is 24.9 Å². The number of nitrogens with one attached hydrogen (secondary N) is 1. The molecule has 0 aliphatic carbocycles. The summed E-state index contributed by atoms with van der Waals surface area (Å²) in [5.74, 6) is -0.00658. The van der Waals surface area contributed by atoms with Crippen molar-refractivity contribution >= 4 is 22.9 Å². The van der Waals surface area contributed by atoms with Crippen LogP contribution in [-0.4, -0.2) is 54.5 Å². The lowest BCUT2D eigenvalue weighted by Gasteiger charge is -2.13. The minimum Gasteiger partial charge on any atom is -0.394 e. The first-order valence-corrected chi connectivity index (χ1v) is 8.15. The Morgan fingerprint density at radius 2 is 2.08 bits per heavy atom. The van der Waals surface area contributed by atoms with Crippen LogP contribution in [0.4, 0.5) is 5.82 Å². The molecule has 134 valence electrons. The molecule has 9 nitrogen and oxygen atoms in total. The summed E-state index contributed by atoms with van der Waals surface area (Å²) in [5.41, 5.74) is 1.40. The summed E-state index contributed by atoms with van der Waals surface area (Å²) in [6, 6.07) is 8.79. The maximum Gasteiger partial charge on any atom is 0.256 e. The maximum atomic E-state index is 12.4. The molecule has 3 aromatic rings. The number of aromatic nitrogens is 4. The smallest absolute Gasteiger partial charge is 0.256 e. The quantitative estimate of drug-likeness (QED) is 0.589. The van der Waals surface area contributed by atoms with Crippen molar-refractivity contribution in [3.63, 3.8) is 0 Å². The van der Waals surface area contributed by atoms with Crippen molar-refractivity contribution in [1.29, 1.82) is 0 Å². The van der Waals surface area contributed by atoms with Crippen molar-refractivity contribution in [3.8, 4) is 0 Å². The number of hydrogen-bond acceptors (Lipinski definition) is 7. The minimum absolute atomic E-state index is 0.266. The number of hydrogen-bond donors (Lipinski definition) is 3. The lowest BCUT2D eigenvalue weighted by molar-refractivity contribution is -0.0432. The zero-order chi connectivity index (χ0) is 18.1. The molecule has 3 atom stereocenters. The molecule has 0 saturated carbocycles. The molecule has 0 bridgehead atoms. The lowest BCUT2D eigenvalue weighted by atomic mass is 10.2. The Hall–Kier alpha value is -2.88. The molecule has 9 heteroatoms. The Morgan fingerprint density at radius 3 is 2.81 bits per heavy atom. The number of aliphatic hydroxyl groups is 2. The molecule has 0 spiro atoms. The van der Waals surface area contributed by atoms with Crippen LogP contribution in [0, 0.1) is 0 Å². The molecule has 1 aliphatic rings. The van der Waals surface area contributed by atoms with Crippen molar-refractivity contribution in [3.05, 3.63) is 48.5 Å². The van der Waals surface area contributed by atoms with Gasteiger partial charge in [-0.2, -0.15) is 0 Å². The molecule has 1 aliphatic heterocycles. The molecular weight excluding hydrogens is 339 g/mol. The van der Waals surface area contributed by atoms with Crippen molar-refractivity contribution in [2.75, 3.05) is 11.9 Å². The number of aliphatic hydroxyl groups excluding tert-OH is 2. The zero-order valence-corrected chi connectivity index (χ0v) is 13.7. The van der Waals surface area contributed by atoms with E-state index in [1.54, 1.807) is 28.8 Å². The van der Waals surface area contributed by atoms with Gasteiger partial charge in [0.2, 0.25) is 0 Å². The monoisotopic (exact) mass is 356 g/mol. The van der Waals surface area contributed by atoms with Crippen LogP contribution in [0.5, 0.6) is 0 Å². The highest BCUT2D eigenvalue weighted by Gasteiger charge is 2.35. The highest BCUT2D eigenvalue weighted by molar-refractivity contribution is 6.06. The van der Waals surface area contributed by atoms with Gasteiger partial charge in [0, 0.05) is 12.0 Å². The van der Waals surface area contributed by atoms with Crippen molar-refractivity contribution < 1.29 is 19.7 Å². The number of carbonyl (C=O) groups excluding carboxylic acids is 1. The predicted octanol–water partition coefficient (Wildman–Crippen LogP) is 0.719. The summed E-state index contributed by atoms with van der Waals surface area (Å²) in [6.07, 6.45) is 1.26. The lowest BCUT2D eigenvalue weighted by Crippen LogP contribution is -2.24. The third kappa shape index (κ3) is 2.92. The van der Waals surface area contributed by atoms with E-state index in [0.29, 0.717) is 29.0 Å². The molecule has 3 N–H and O–H groups in total. The van der Waals surface area contributed by atoms with Crippen molar-refractivity contribution in [1.82, 2.24) is 19.5 Å². The average molecular weight is 356 g/mol. The van der Waals surface area contributed by atoms with Gasteiger partial charge in [0.1, 0.15) is 18.7 Å². The van der Waals surface area contributed by atoms with Crippen LogP contribution in [0.25, 0.3) is 11.2 Å². The Bertz CT molecular complexity index is 929. The number of anilines is 1. The molecule has 1 fully saturated rings. The summed E-state index contributed by atoms with van der Waals surface area (Å²) in [4.78, 5) is 25.0. The summed E-state index contributed by atoms with van der Waals surface area (Å²) in [6.45, 7) is -0.266. The fourth-order valence-electron chi connectivity index (χ4n) is 2.97. The normalized spacial score (nSPS) is 22.6. The van der Waals surface area contributed by atoms with Crippen LogP contribution in [-0.2, 0) is 4.74 Å². The van der Waals surface area contributed by atoms with Gasteiger partial charge in [-0.25, -0.2) is 15.0 Å². The fourth-order valence-corrected chi connectivity index (χ4v) is 2.97. The minimum atomic E-state index is -0.762. The molecule has 0 unspecified atom stereocenters. The molecular formula is C17H17N5O4. The Labute approximate surface area is 148 Å². The Balaban J connectivity index is 1.63. The zero-order valence-electron chi connectivity index (χ0n) is 13.7. The predicted molar refractivity (Wildman–Crippen MR) is 91.3 cm³/mol. The van der Waals surface area contributed by atoms with Gasteiger partial charge in [0.05, 0.1) is 19.0 Å². The van der Waals surface area contributed by atoms with E-state index in [9.17, 15) is 15.0 Å². The largest absolute Gasteiger partial charge is 0.394 e. The molecule has 1 saturated heterocycles. The summed E-state index contributed by atoms with van der Waals surface area (Å²) >= 11 is 0. The number of carbonyl (C=O) groups is 1. The van der Waals surface area contributed by atoms with Gasteiger partial charge in [-0.15, -0.1) is 0 Å². The van der Waals surface area contributed by atoms with Crippen LogP contribution >= 0.6 is 0 Å². The standard InChI is InChI=1S/C17H17N5O4/c23-7-12-11(24)6-13(26-12)22-9-20-14-15(18-8-19-16(14)22)21-17(25)10-4-2-1-3-5-10/h1-5,8-9,11-13,23-24H,6-7H2,(H,18,19,21,25)/t11-,12+,13+/m0/s1/i7+1. The average Bonchev–Trinajstić information content (AvgIpc) is 3.26. The molecule has 4 rings (SSSR count). The van der Waals surface area contributed by atoms with Crippen molar-refractivity contribution in [2.24, 2.45) is 0 Å². The fraction of sp³-hybridized carbons (Fsp3) is 0.294. The highest BCUT2D eigenvalue weighted by Crippen LogP contribution is 2.31. The van der Waals surface area contributed by atoms with Gasteiger partial charge in [0.15, 0.2) is 17.0 Å². The van der Waals surface area contributed by atoms with Crippen LogP contribution in [0.15, 0.2) is 43.0 Å². The number of rotatable bonds is 4. The van der Waals surface area contributed by atoms with Gasteiger partial charge >= 0.3 is 0 Å². The molecule has 26 heavy (non-hydrogen) atoms. The second-order valence-corrected chi connectivity index (χ2v) is 5.98. The van der Waals surface area contributed by atoms with Crippen LogP contribution in [0.3, 0.4) is 0 Å². The molecule has 2 aromatic heterocycles. The topological polar surface area (TPSA) is 122 Å². The summed E-state index contributed by atoms with van der Waals surface area (Å²) in [5, 5.41) is 21.9. The third-order valence-electron chi connectivity index (χ3n) is 4.32. The Kier molecular flexibility index (Phi) is 4.33. The molecule has 0 radical (unpaired) electrons. The van der Waals surface area contributed by atoms with Gasteiger partial charge in [-0.3, -0.25) is 9.36 Å². The van der Waals surface area contributed by atoms with Crippen LogP contribution in [0.1, 0.15) is 23.0 Å². The van der Waals surface area contributed by atoms with E-state index < -0.39 is 18.4 Å². The summed E-state index contributed by atoms with van der Waals surface area (Å²) < 4.78 is 7.30. The first kappa shape index (κ1) is 16.6. The highest BCUT2D eigenvalue weighted by atomic mass is 16.6. The second-order valence-electron chi connectivity index (χ2n) is 5.98. The van der Waals surface area contributed by atoms with Crippen LogP contribution < -0.4 is 5.32 Å². The van der Waals surface area contributed by atoms with Crippen LogP contribution in [0.2, 0.25) is 0 Å². The number of amides is 1. The SMILES string of the molecule is O=C(Nc1ncnc2c1ncn2[C@H]1C[C@H](O)[C@@H]([13CH2]O)O1)c1ccccc1. The van der Waals surface area contributed by atoms with E-state index in [1.807, 2.05) is 6.07 Å². The Morgan fingerprint density at radius 1 is 1.27 bits per heavy atom. The van der Waals surface area contributed by atoms with Gasteiger partial charge in [-0.05, 0) is 12.1 Å². The number of imidazole rings is 1.